The highest BCUT2D eigenvalue weighted by molar-refractivity contribution is 7.17. The van der Waals surface area contributed by atoms with Crippen LogP contribution in [0.4, 0.5) is 11.4 Å². The van der Waals surface area contributed by atoms with Gasteiger partial charge in [0.25, 0.3) is 34.7 Å². The van der Waals surface area contributed by atoms with E-state index in [0.29, 0.717) is 49.0 Å². The molecule has 0 saturated heterocycles. The van der Waals surface area contributed by atoms with Gasteiger partial charge in [-0.25, -0.2) is 9.97 Å². The lowest BCUT2D eigenvalue weighted by Gasteiger charge is -2.18. The Kier molecular flexibility index (Phi) is 10.7. The molecule has 21 heteroatoms. The highest BCUT2D eigenvalue weighted by Gasteiger charge is 2.20. The quantitative estimate of drug-likeness (QED) is 0.110. The summed E-state index contributed by atoms with van der Waals surface area (Å²) in [6.45, 7) is 0.271. The van der Waals surface area contributed by atoms with Gasteiger partial charge in [-0.05, 0) is 57.3 Å². The average Bonchev–Trinajstić information content (AvgIpc) is 3.80. The summed E-state index contributed by atoms with van der Waals surface area (Å²) in [6, 6.07) is 12.3. The minimum atomic E-state index is -0.563. The number of thiophene rings is 2. The second kappa shape index (κ2) is 16.1. The Morgan fingerprint density at radius 2 is 1.23 bits per heavy atom. The third-order valence-electron chi connectivity index (χ3n) is 8.36. The van der Waals surface area contributed by atoms with Crippen LogP contribution < -0.4 is 47.6 Å². The molecule has 6 heterocycles. The largest absolute Gasteiger partial charge is 0.482 e. The number of benzene rings is 2. The van der Waals surface area contributed by atoms with Crippen molar-refractivity contribution in [3.8, 4) is 17.6 Å². The van der Waals surface area contributed by atoms with Crippen molar-refractivity contribution >= 4 is 84.0 Å². The molecule has 0 unspecified atom stereocenters. The fraction of sp³-hybridized carbons (Fsp3) is 0.167. The summed E-state index contributed by atoms with van der Waals surface area (Å²) >= 11 is 2.37. The first-order chi connectivity index (χ1) is 27.4. The number of ether oxygens (including phenoxy) is 2. The number of aromatic nitrogens is 4. The van der Waals surface area contributed by atoms with Crippen LogP contribution in [0.1, 0.15) is 43.5 Å². The van der Waals surface area contributed by atoms with E-state index in [4.69, 9.17) is 20.5 Å². The fourth-order valence-electron chi connectivity index (χ4n) is 5.77. The molecule has 2 aromatic carbocycles. The Balaban J connectivity index is 0.000000174. The molecular formula is C36H28N10O9S2. The number of fused-ring (bicyclic) bond motifs is 4. The summed E-state index contributed by atoms with van der Waals surface area (Å²) in [5, 5.41) is 23.5. The van der Waals surface area contributed by atoms with E-state index in [2.05, 4.69) is 41.2 Å². The summed E-state index contributed by atoms with van der Waals surface area (Å²) in [5.41, 5.74) is 7.85. The average molecular weight is 809 g/mol. The first-order valence-electron chi connectivity index (χ1n) is 16.8. The van der Waals surface area contributed by atoms with Gasteiger partial charge in [0.2, 0.25) is 17.6 Å². The Bertz CT molecular complexity index is 2800. The summed E-state index contributed by atoms with van der Waals surface area (Å²) in [6.07, 6.45) is 0.0315. The predicted octanol–water partition coefficient (Wildman–Crippen LogP) is 1.58. The minimum Gasteiger partial charge on any atom is -0.482 e. The molecule has 288 valence electrons. The molecule has 8 rings (SSSR count). The van der Waals surface area contributed by atoms with Crippen LogP contribution in [-0.4, -0.2) is 62.7 Å². The van der Waals surface area contributed by atoms with Crippen LogP contribution in [0.3, 0.4) is 0 Å². The van der Waals surface area contributed by atoms with Crippen LogP contribution in [0.2, 0.25) is 0 Å². The van der Waals surface area contributed by atoms with E-state index in [1.807, 2.05) is 6.07 Å². The van der Waals surface area contributed by atoms with Gasteiger partial charge in [-0.3, -0.25) is 33.6 Å². The number of anilines is 2. The Hall–Kier alpha value is -7.44. The highest BCUT2D eigenvalue weighted by Crippen LogP contribution is 2.30. The van der Waals surface area contributed by atoms with E-state index >= 15 is 0 Å². The van der Waals surface area contributed by atoms with E-state index in [9.17, 15) is 33.6 Å². The Morgan fingerprint density at radius 3 is 1.70 bits per heavy atom. The van der Waals surface area contributed by atoms with Gasteiger partial charge in [-0.2, -0.15) is 5.26 Å². The summed E-state index contributed by atoms with van der Waals surface area (Å²) in [5.74, 6) is -1.26. The van der Waals surface area contributed by atoms with Crippen molar-refractivity contribution in [3.63, 3.8) is 0 Å². The van der Waals surface area contributed by atoms with Gasteiger partial charge in [0.05, 0.1) is 41.1 Å². The first kappa shape index (κ1) is 37.9. The predicted molar refractivity (Wildman–Crippen MR) is 206 cm³/mol. The lowest BCUT2D eigenvalue weighted by Crippen LogP contribution is -2.28. The van der Waals surface area contributed by atoms with Crippen molar-refractivity contribution < 1.29 is 33.4 Å². The van der Waals surface area contributed by atoms with Crippen molar-refractivity contribution in [1.29, 1.82) is 5.26 Å². The minimum absolute atomic E-state index is 0.0244. The molecule has 0 aliphatic carbocycles. The second-order valence-electron chi connectivity index (χ2n) is 12.4. The molecule has 5 amide bonds. The zero-order valence-corrected chi connectivity index (χ0v) is 30.9. The van der Waals surface area contributed by atoms with Crippen molar-refractivity contribution in [1.82, 2.24) is 30.6 Å². The third-order valence-corrected chi connectivity index (χ3v) is 10.2. The number of H-pyrrole nitrogens is 2. The smallest absolute Gasteiger partial charge is 0.287 e. The number of hydrogen-bond acceptors (Lipinski definition) is 14. The third kappa shape index (κ3) is 8.46. The van der Waals surface area contributed by atoms with Crippen LogP contribution in [0.5, 0.6) is 11.5 Å². The summed E-state index contributed by atoms with van der Waals surface area (Å²) in [7, 11) is 0. The fourth-order valence-corrected chi connectivity index (χ4v) is 7.66. The first-order valence-corrected chi connectivity index (χ1v) is 18.5. The standard InChI is InChI=1S/C18H15N5O5S.C18H13N5O4S/c19-12(24)4-9-7-29-18-14(9)16(26)22-15(23-18)17(27)20-5-8-1-2-11-10(3-8)21-13(25)6-28-11;19-4-3-10-8-28-18-14(10)16(25)22-15(23-18)17(26)20-6-9-1-2-12-11(5-9)21-13(24)7-27-12/h1-3,7H,4-6H2,(H2,19,24)(H,20,27)(H,21,25)(H,22,23,26);1-2,5,8H,3,6-7H2,(H,20,26)(H,21,24)(H,22,23,25). The maximum absolute atomic E-state index is 12.4. The molecule has 2 aliphatic heterocycles. The topological polar surface area (TPSA) is 293 Å². The number of carbonyl (C=O) groups excluding carboxylic acids is 5. The van der Waals surface area contributed by atoms with Crippen LogP contribution in [-0.2, 0) is 40.3 Å². The van der Waals surface area contributed by atoms with Gasteiger partial charge in [-0.15, -0.1) is 22.7 Å². The van der Waals surface area contributed by atoms with Crippen LogP contribution in [0.25, 0.3) is 20.4 Å². The molecular weight excluding hydrogens is 781 g/mol. The molecule has 0 atom stereocenters. The molecule has 2 aliphatic rings. The molecule has 6 aromatic rings. The summed E-state index contributed by atoms with van der Waals surface area (Å²) in [4.78, 5) is 97.5. The van der Waals surface area contributed by atoms with Crippen LogP contribution in [0.15, 0.2) is 56.7 Å². The van der Waals surface area contributed by atoms with Crippen LogP contribution >= 0.6 is 22.7 Å². The number of primary amides is 1. The van der Waals surface area contributed by atoms with Gasteiger partial charge < -0.3 is 46.4 Å². The van der Waals surface area contributed by atoms with Crippen molar-refractivity contribution in [2.75, 3.05) is 23.8 Å². The van der Waals surface area contributed by atoms with Gasteiger partial charge in [0, 0.05) is 13.1 Å². The van der Waals surface area contributed by atoms with Crippen molar-refractivity contribution in [2.24, 2.45) is 5.73 Å². The number of nitrogens with one attached hydrogen (secondary N) is 6. The SMILES string of the molecule is N#CCc1csc2nc(C(=O)NCc3ccc4c(c3)NC(=O)CO4)[nH]c(=O)c12.NC(=O)Cc1csc2nc(C(=O)NCc3ccc4c(c3)NC(=O)CO4)[nH]c(=O)c12. The molecule has 19 nitrogen and oxygen atoms in total. The molecule has 0 spiro atoms. The zero-order valence-electron chi connectivity index (χ0n) is 29.3. The van der Waals surface area contributed by atoms with Crippen molar-refractivity contribution in [2.45, 2.75) is 25.9 Å². The molecule has 0 fully saturated rings. The second-order valence-corrected chi connectivity index (χ2v) is 14.1. The van der Waals surface area contributed by atoms with E-state index in [1.165, 1.54) is 11.3 Å². The number of amides is 5. The number of aromatic amines is 2. The Morgan fingerprint density at radius 1 is 0.754 bits per heavy atom. The van der Waals surface area contributed by atoms with Gasteiger partial charge in [-0.1, -0.05) is 12.1 Å². The number of nitriles is 1. The number of carbonyl (C=O) groups is 5. The van der Waals surface area contributed by atoms with Gasteiger partial charge >= 0.3 is 0 Å². The van der Waals surface area contributed by atoms with E-state index in [0.717, 1.165) is 22.5 Å². The Labute approximate surface area is 327 Å². The number of rotatable bonds is 9. The molecule has 4 aromatic heterocycles. The maximum Gasteiger partial charge on any atom is 0.287 e. The van der Waals surface area contributed by atoms with E-state index in [1.54, 1.807) is 47.2 Å². The number of hydrogen-bond donors (Lipinski definition) is 7. The maximum atomic E-state index is 12.4. The molecule has 8 N–H and O–H groups in total. The normalized spacial score (nSPS) is 12.7. The number of nitrogens with zero attached hydrogens (tertiary/aromatic N) is 3. The molecule has 0 saturated carbocycles. The zero-order chi connectivity index (χ0) is 40.2. The number of nitrogens with two attached hydrogens (primary N) is 1. The van der Waals surface area contributed by atoms with E-state index < -0.39 is 28.8 Å². The molecule has 0 radical (unpaired) electrons. The van der Waals surface area contributed by atoms with Gasteiger partial charge in [0.1, 0.15) is 21.2 Å². The van der Waals surface area contributed by atoms with Gasteiger partial charge in [0.15, 0.2) is 13.2 Å². The lowest BCUT2D eigenvalue weighted by atomic mass is 10.1. The molecule has 0 bridgehead atoms. The monoisotopic (exact) mass is 808 g/mol. The van der Waals surface area contributed by atoms with E-state index in [-0.39, 0.29) is 68.0 Å². The van der Waals surface area contributed by atoms with Crippen LogP contribution in [0, 0.1) is 11.3 Å². The lowest BCUT2D eigenvalue weighted by molar-refractivity contribution is -0.119. The molecule has 57 heavy (non-hydrogen) atoms. The summed E-state index contributed by atoms with van der Waals surface area (Å²) < 4.78 is 10.6. The van der Waals surface area contributed by atoms with Crippen molar-refractivity contribution in [3.05, 3.63) is 102 Å². The highest BCUT2D eigenvalue weighted by atomic mass is 32.1.